The molecule has 2 aliphatic rings. The third-order valence-corrected chi connectivity index (χ3v) is 5.06. The molecule has 2 N–H and O–H groups in total. The molecule has 1 aliphatic carbocycles. The summed E-state index contributed by atoms with van der Waals surface area (Å²) < 4.78 is 0. The maximum atomic E-state index is 10.2. The summed E-state index contributed by atoms with van der Waals surface area (Å²) in [5.74, 6) is 0.725. The fourth-order valence-electron chi connectivity index (χ4n) is 3.97. The first-order chi connectivity index (χ1) is 9.41. The molecule has 2 rings (SSSR count). The van der Waals surface area contributed by atoms with Gasteiger partial charge in [0, 0.05) is 26.2 Å². The zero-order chi connectivity index (χ0) is 14.6. The first-order valence-electron chi connectivity index (χ1n) is 8.56. The van der Waals surface area contributed by atoms with Crippen LogP contribution in [0.25, 0.3) is 0 Å². The molecule has 1 heterocycles. The lowest BCUT2D eigenvalue weighted by atomic mass is 9.73. The SMILES string of the molecule is CC(C)CNCC1(CN2CCC(C)(O)C2)CCCCC1. The van der Waals surface area contributed by atoms with Crippen molar-refractivity contribution in [2.75, 3.05) is 32.7 Å². The van der Waals surface area contributed by atoms with Crippen molar-refractivity contribution < 1.29 is 5.11 Å². The molecule has 0 bridgehead atoms. The Morgan fingerprint density at radius 1 is 1.15 bits per heavy atom. The van der Waals surface area contributed by atoms with Gasteiger partial charge in [-0.25, -0.2) is 0 Å². The van der Waals surface area contributed by atoms with Crippen LogP contribution in [-0.4, -0.2) is 48.3 Å². The standard InChI is InChI=1S/C17H34N2O/c1-15(2)11-18-12-17(7-5-4-6-8-17)14-19-10-9-16(3,20)13-19/h15,18,20H,4-14H2,1-3H3. The van der Waals surface area contributed by atoms with E-state index in [0.29, 0.717) is 5.41 Å². The van der Waals surface area contributed by atoms with Crippen LogP contribution in [0.4, 0.5) is 0 Å². The van der Waals surface area contributed by atoms with E-state index in [1.54, 1.807) is 0 Å². The Kier molecular flexibility index (Phi) is 5.49. The molecule has 0 spiro atoms. The van der Waals surface area contributed by atoms with Crippen molar-refractivity contribution in [3.05, 3.63) is 0 Å². The van der Waals surface area contributed by atoms with Crippen LogP contribution < -0.4 is 5.32 Å². The van der Waals surface area contributed by atoms with Crippen LogP contribution in [-0.2, 0) is 0 Å². The number of hydrogen-bond donors (Lipinski definition) is 2. The molecular formula is C17H34N2O. The largest absolute Gasteiger partial charge is 0.389 e. The highest BCUT2D eigenvalue weighted by atomic mass is 16.3. The molecule has 1 saturated heterocycles. The molecule has 1 atom stereocenters. The predicted molar refractivity (Wildman–Crippen MR) is 84.9 cm³/mol. The lowest BCUT2D eigenvalue weighted by Gasteiger charge is -2.41. The van der Waals surface area contributed by atoms with Gasteiger partial charge in [0.25, 0.3) is 0 Å². The van der Waals surface area contributed by atoms with Crippen LogP contribution in [0.15, 0.2) is 0 Å². The zero-order valence-corrected chi connectivity index (χ0v) is 13.7. The van der Waals surface area contributed by atoms with Crippen LogP contribution in [0, 0.1) is 11.3 Å². The molecule has 118 valence electrons. The van der Waals surface area contributed by atoms with Crippen LogP contribution in [0.2, 0.25) is 0 Å². The van der Waals surface area contributed by atoms with Crippen molar-refractivity contribution in [1.82, 2.24) is 10.2 Å². The number of β-amino-alcohol motifs (C(OH)–C–C–N with tert-alkyl or cyclic N) is 1. The molecule has 0 aromatic carbocycles. The molecule has 3 nitrogen and oxygen atoms in total. The molecule has 2 fully saturated rings. The average Bonchev–Trinajstić information content (AvgIpc) is 2.69. The van der Waals surface area contributed by atoms with Crippen molar-refractivity contribution in [1.29, 1.82) is 0 Å². The first kappa shape index (κ1) is 16.3. The van der Waals surface area contributed by atoms with E-state index in [0.717, 1.165) is 38.5 Å². The molecule has 0 aromatic rings. The maximum absolute atomic E-state index is 10.2. The molecule has 0 amide bonds. The normalized spacial score (nSPS) is 31.1. The average molecular weight is 282 g/mol. The minimum atomic E-state index is -0.457. The molecule has 0 radical (unpaired) electrons. The topological polar surface area (TPSA) is 35.5 Å². The van der Waals surface area contributed by atoms with E-state index in [2.05, 4.69) is 24.1 Å². The molecular weight excluding hydrogens is 248 g/mol. The Morgan fingerprint density at radius 3 is 2.40 bits per heavy atom. The van der Waals surface area contributed by atoms with E-state index < -0.39 is 5.60 Å². The number of rotatable bonds is 6. The van der Waals surface area contributed by atoms with Gasteiger partial charge >= 0.3 is 0 Å². The van der Waals surface area contributed by atoms with Crippen LogP contribution in [0.1, 0.15) is 59.3 Å². The van der Waals surface area contributed by atoms with Crippen molar-refractivity contribution in [3.8, 4) is 0 Å². The van der Waals surface area contributed by atoms with Gasteiger partial charge in [-0.3, -0.25) is 4.90 Å². The number of aliphatic hydroxyl groups is 1. The number of nitrogens with one attached hydrogen (secondary N) is 1. The van der Waals surface area contributed by atoms with Gasteiger partial charge in [0.2, 0.25) is 0 Å². The third-order valence-electron chi connectivity index (χ3n) is 5.06. The molecule has 1 saturated carbocycles. The minimum Gasteiger partial charge on any atom is -0.389 e. The highest BCUT2D eigenvalue weighted by molar-refractivity contribution is 4.93. The highest BCUT2D eigenvalue weighted by Gasteiger charge is 2.38. The van der Waals surface area contributed by atoms with Gasteiger partial charge in [-0.1, -0.05) is 33.1 Å². The Labute approximate surface area is 125 Å². The Balaban J connectivity index is 1.89. The maximum Gasteiger partial charge on any atom is 0.0758 e. The van der Waals surface area contributed by atoms with Gasteiger partial charge in [-0.05, 0) is 44.1 Å². The van der Waals surface area contributed by atoms with Crippen molar-refractivity contribution in [2.45, 2.75) is 64.9 Å². The van der Waals surface area contributed by atoms with Crippen LogP contribution in [0.5, 0.6) is 0 Å². The van der Waals surface area contributed by atoms with Crippen molar-refractivity contribution in [3.63, 3.8) is 0 Å². The van der Waals surface area contributed by atoms with Gasteiger partial charge < -0.3 is 10.4 Å². The molecule has 20 heavy (non-hydrogen) atoms. The number of hydrogen-bond acceptors (Lipinski definition) is 3. The van der Waals surface area contributed by atoms with Crippen molar-refractivity contribution >= 4 is 0 Å². The number of nitrogens with zero attached hydrogens (tertiary/aromatic N) is 1. The van der Waals surface area contributed by atoms with E-state index in [-0.39, 0.29) is 0 Å². The highest BCUT2D eigenvalue weighted by Crippen LogP contribution is 2.38. The van der Waals surface area contributed by atoms with Gasteiger partial charge in [-0.15, -0.1) is 0 Å². The monoisotopic (exact) mass is 282 g/mol. The van der Waals surface area contributed by atoms with Gasteiger partial charge in [0.15, 0.2) is 0 Å². The summed E-state index contributed by atoms with van der Waals surface area (Å²) in [6.45, 7) is 11.9. The smallest absolute Gasteiger partial charge is 0.0758 e. The van der Waals surface area contributed by atoms with Gasteiger partial charge in [0.05, 0.1) is 5.60 Å². The summed E-state index contributed by atoms with van der Waals surface area (Å²) in [5, 5.41) is 13.9. The van der Waals surface area contributed by atoms with E-state index in [4.69, 9.17) is 0 Å². The molecule has 1 unspecified atom stereocenters. The zero-order valence-electron chi connectivity index (χ0n) is 13.7. The lowest BCUT2D eigenvalue weighted by molar-refractivity contribution is 0.0539. The summed E-state index contributed by atoms with van der Waals surface area (Å²) in [7, 11) is 0. The second-order valence-corrected chi connectivity index (χ2v) is 8.04. The van der Waals surface area contributed by atoms with E-state index in [1.807, 2.05) is 6.92 Å². The Bertz CT molecular complexity index is 295. The second kappa shape index (κ2) is 6.76. The van der Waals surface area contributed by atoms with E-state index in [1.165, 1.54) is 38.6 Å². The van der Waals surface area contributed by atoms with Crippen molar-refractivity contribution in [2.24, 2.45) is 11.3 Å². The summed E-state index contributed by atoms with van der Waals surface area (Å²) >= 11 is 0. The van der Waals surface area contributed by atoms with Gasteiger partial charge in [0.1, 0.15) is 0 Å². The number of likely N-dealkylation sites (tertiary alicyclic amines) is 1. The molecule has 1 aliphatic heterocycles. The van der Waals surface area contributed by atoms with Crippen LogP contribution >= 0.6 is 0 Å². The fourth-order valence-corrected chi connectivity index (χ4v) is 3.97. The quantitative estimate of drug-likeness (QED) is 0.786. The summed E-state index contributed by atoms with van der Waals surface area (Å²) in [6.07, 6.45) is 7.82. The Hall–Kier alpha value is -0.120. The third kappa shape index (κ3) is 4.71. The molecule has 0 aromatic heterocycles. The fraction of sp³-hybridized carbons (Fsp3) is 1.00. The summed E-state index contributed by atoms with van der Waals surface area (Å²) in [4.78, 5) is 2.50. The summed E-state index contributed by atoms with van der Waals surface area (Å²) in [6, 6.07) is 0. The predicted octanol–water partition coefficient (Wildman–Crippen LogP) is 2.64. The van der Waals surface area contributed by atoms with Crippen LogP contribution in [0.3, 0.4) is 0 Å². The Morgan fingerprint density at radius 2 is 1.85 bits per heavy atom. The van der Waals surface area contributed by atoms with E-state index >= 15 is 0 Å². The van der Waals surface area contributed by atoms with E-state index in [9.17, 15) is 5.11 Å². The second-order valence-electron chi connectivity index (χ2n) is 8.04. The van der Waals surface area contributed by atoms with Gasteiger partial charge in [-0.2, -0.15) is 0 Å². The summed E-state index contributed by atoms with van der Waals surface area (Å²) in [5.41, 5.74) is -0.00518. The lowest BCUT2D eigenvalue weighted by Crippen LogP contribution is -2.46. The minimum absolute atomic E-state index is 0.452. The molecule has 3 heteroatoms. The first-order valence-corrected chi connectivity index (χ1v) is 8.56.